The van der Waals surface area contributed by atoms with Crippen LogP contribution in [0.1, 0.15) is 24.1 Å². The smallest absolute Gasteiger partial charge is 0.0308 e. The normalized spacial score (nSPS) is 12.4. The molecular weight excluding hydrogens is 228 g/mol. The Bertz CT molecular complexity index is 469. The molecule has 2 aromatic rings. The summed E-state index contributed by atoms with van der Waals surface area (Å²) in [5.41, 5.74) is 8.29. The monoisotopic (exact) mass is 244 g/mol. The fraction of sp³-hybridized carbons (Fsp3) is 0.214. The highest BCUT2D eigenvalue weighted by Crippen LogP contribution is 2.24. The van der Waals surface area contributed by atoms with Gasteiger partial charge in [0.15, 0.2) is 0 Å². The van der Waals surface area contributed by atoms with Crippen molar-refractivity contribution >= 4 is 11.8 Å². The Morgan fingerprint density at radius 2 is 2.18 bits per heavy atom. The minimum atomic E-state index is 0.0916. The molecule has 0 saturated carbocycles. The van der Waals surface area contributed by atoms with E-state index in [9.17, 15) is 0 Å². The molecule has 2 N–H and O–H groups in total. The van der Waals surface area contributed by atoms with Gasteiger partial charge in [0.1, 0.15) is 0 Å². The quantitative estimate of drug-likeness (QED) is 0.838. The molecule has 1 unspecified atom stereocenters. The highest BCUT2D eigenvalue weighted by Gasteiger charge is 2.01. The highest BCUT2D eigenvalue weighted by molar-refractivity contribution is 7.98. The summed E-state index contributed by atoms with van der Waals surface area (Å²) in [7, 11) is 0. The van der Waals surface area contributed by atoms with E-state index in [0.717, 1.165) is 5.75 Å². The average molecular weight is 244 g/mol. The van der Waals surface area contributed by atoms with Crippen LogP contribution in [0, 0.1) is 0 Å². The molecule has 1 heterocycles. The number of nitrogens with two attached hydrogens (primary N) is 1. The van der Waals surface area contributed by atoms with Gasteiger partial charge >= 0.3 is 0 Å². The molecule has 0 amide bonds. The van der Waals surface area contributed by atoms with E-state index in [1.54, 1.807) is 6.20 Å². The van der Waals surface area contributed by atoms with Crippen LogP contribution in [0.4, 0.5) is 0 Å². The van der Waals surface area contributed by atoms with Gasteiger partial charge in [-0.05, 0) is 36.2 Å². The van der Waals surface area contributed by atoms with Crippen molar-refractivity contribution < 1.29 is 0 Å². The average Bonchev–Trinajstić information content (AvgIpc) is 2.38. The van der Waals surface area contributed by atoms with Crippen LogP contribution in [-0.2, 0) is 5.75 Å². The van der Waals surface area contributed by atoms with Crippen molar-refractivity contribution in [2.75, 3.05) is 0 Å². The first-order valence-electron chi connectivity index (χ1n) is 5.63. The van der Waals surface area contributed by atoms with E-state index in [4.69, 9.17) is 5.73 Å². The van der Waals surface area contributed by atoms with Crippen LogP contribution in [0.25, 0.3) is 0 Å². The first kappa shape index (κ1) is 12.1. The third kappa shape index (κ3) is 3.58. The molecule has 17 heavy (non-hydrogen) atoms. The molecule has 0 aliphatic rings. The number of pyridine rings is 1. The zero-order chi connectivity index (χ0) is 12.1. The second-order valence-corrected chi connectivity index (χ2v) is 5.06. The van der Waals surface area contributed by atoms with E-state index < -0.39 is 0 Å². The minimum Gasteiger partial charge on any atom is -0.324 e. The van der Waals surface area contributed by atoms with Crippen molar-refractivity contribution in [1.29, 1.82) is 0 Å². The van der Waals surface area contributed by atoms with Crippen LogP contribution >= 0.6 is 11.8 Å². The fourth-order valence-electron chi connectivity index (χ4n) is 1.54. The van der Waals surface area contributed by atoms with Gasteiger partial charge in [0, 0.05) is 29.1 Å². The Morgan fingerprint density at radius 1 is 1.29 bits per heavy atom. The van der Waals surface area contributed by atoms with Crippen molar-refractivity contribution in [3.63, 3.8) is 0 Å². The lowest BCUT2D eigenvalue weighted by molar-refractivity contribution is 0.815. The van der Waals surface area contributed by atoms with E-state index in [1.165, 1.54) is 16.0 Å². The maximum atomic E-state index is 5.87. The lowest BCUT2D eigenvalue weighted by Crippen LogP contribution is -2.04. The van der Waals surface area contributed by atoms with Gasteiger partial charge in [0.05, 0.1) is 0 Å². The summed E-state index contributed by atoms with van der Waals surface area (Å²) in [6, 6.07) is 12.6. The number of rotatable bonds is 4. The van der Waals surface area contributed by atoms with Crippen LogP contribution in [-0.4, -0.2) is 4.98 Å². The van der Waals surface area contributed by atoms with E-state index >= 15 is 0 Å². The van der Waals surface area contributed by atoms with E-state index in [1.807, 2.05) is 30.9 Å². The van der Waals surface area contributed by atoms with Crippen molar-refractivity contribution in [3.05, 3.63) is 59.9 Å². The van der Waals surface area contributed by atoms with Gasteiger partial charge in [-0.1, -0.05) is 18.2 Å². The molecule has 0 bridgehead atoms. The molecule has 0 saturated heterocycles. The molecule has 88 valence electrons. The van der Waals surface area contributed by atoms with Gasteiger partial charge in [-0.3, -0.25) is 4.98 Å². The lowest BCUT2D eigenvalue weighted by atomic mass is 10.1. The number of nitrogens with zero attached hydrogens (tertiary/aromatic N) is 1. The number of thioether (sulfide) groups is 1. The Morgan fingerprint density at radius 3 is 2.88 bits per heavy atom. The topological polar surface area (TPSA) is 38.9 Å². The van der Waals surface area contributed by atoms with E-state index in [-0.39, 0.29) is 6.04 Å². The standard InChI is InChI=1S/C14H16N2S/c1-11(15)13-5-2-6-14(8-13)17-10-12-4-3-7-16-9-12/h2-9,11H,10,15H2,1H3. The molecule has 1 atom stereocenters. The third-order valence-electron chi connectivity index (χ3n) is 2.51. The number of aromatic nitrogens is 1. The zero-order valence-electron chi connectivity index (χ0n) is 9.84. The summed E-state index contributed by atoms with van der Waals surface area (Å²) >= 11 is 1.81. The second kappa shape index (κ2) is 5.84. The molecule has 0 fully saturated rings. The lowest BCUT2D eigenvalue weighted by Gasteiger charge is -2.07. The maximum absolute atomic E-state index is 5.87. The van der Waals surface area contributed by atoms with Crippen LogP contribution in [0.5, 0.6) is 0 Å². The third-order valence-corrected chi connectivity index (χ3v) is 3.58. The number of benzene rings is 1. The summed E-state index contributed by atoms with van der Waals surface area (Å²) in [4.78, 5) is 5.36. The predicted octanol–water partition coefficient (Wildman–Crippen LogP) is 3.39. The van der Waals surface area contributed by atoms with Gasteiger partial charge < -0.3 is 5.73 Å². The van der Waals surface area contributed by atoms with Crippen LogP contribution in [0.15, 0.2) is 53.7 Å². The van der Waals surface area contributed by atoms with Gasteiger partial charge in [-0.2, -0.15) is 0 Å². The van der Waals surface area contributed by atoms with Crippen molar-refractivity contribution in [1.82, 2.24) is 4.98 Å². The van der Waals surface area contributed by atoms with Gasteiger partial charge in [-0.15, -0.1) is 11.8 Å². The van der Waals surface area contributed by atoms with E-state index in [2.05, 4.69) is 35.3 Å². The highest BCUT2D eigenvalue weighted by atomic mass is 32.2. The van der Waals surface area contributed by atoms with Crippen molar-refractivity contribution in [2.45, 2.75) is 23.6 Å². The summed E-state index contributed by atoms with van der Waals surface area (Å²) in [6.45, 7) is 2.00. The summed E-state index contributed by atoms with van der Waals surface area (Å²) < 4.78 is 0. The van der Waals surface area contributed by atoms with Crippen LogP contribution in [0.2, 0.25) is 0 Å². The molecule has 0 aliphatic carbocycles. The zero-order valence-corrected chi connectivity index (χ0v) is 10.7. The first-order valence-corrected chi connectivity index (χ1v) is 6.61. The van der Waals surface area contributed by atoms with Crippen molar-refractivity contribution in [3.8, 4) is 0 Å². The summed E-state index contributed by atoms with van der Waals surface area (Å²) in [6.07, 6.45) is 3.70. The largest absolute Gasteiger partial charge is 0.324 e. The number of hydrogen-bond donors (Lipinski definition) is 1. The van der Waals surface area contributed by atoms with Crippen LogP contribution < -0.4 is 5.73 Å². The molecule has 0 radical (unpaired) electrons. The summed E-state index contributed by atoms with van der Waals surface area (Å²) in [5.74, 6) is 0.941. The van der Waals surface area contributed by atoms with Gasteiger partial charge in [-0.25, -0.2) is 0 Å². The molecule has 2 rings (SSSR count). The van der Waals surface area contributed by atoms with Crippen molar-refractivity contribution in [2.24, 2.45) is 5.73 Å². The first-order chi connectivity index (χ1) is 8.25. The fourth-order valence-corrected chi connectivity index (χ4v) is 2.44. The Hall–Kier alpha value is -1.32. The molecule has 0 aliphatic heterocycles. The van der Waals surface area contributed by atoms with Crippen LogP contribution in [0.3, 0.4) is 0 Å². The Labute approximate surface area is 106 Å². The SMILES string of the molecule is CC(N)c1cccc(SCc2cccnc2)c1. The molecule has 0 spiro atoms. The summed E-state index contributed by atoms with van der Waals surface area (Å²) in [5, 5.41) is 0. The van der Waals surface area contributed by atoms with Gasteiger partial charge in [0.2, 0.25) is 0 Å². The molecule has 1 aromatic heterocycles. The maximum Gasteiger partial charge on any atom is 0.0308 e. The van der Waals surface area contributed by atoms with Gasteiger partial charge in [0.25, 0.3) is 0 Å². The van der Waals surface area contributed by atoms with E-state index in [0.29, 0.717) is 0 Å². The minimum absolute atomic E-state index is 0.0916. The Kier molecular flexibility index (Phi) is 4.18. The Balaban J connectivity index is 2.02. The molecule has 3 heteroatoms. The predicted molar refractivity (Wildman–Crippen MR) is 72.8 cm³/mol. The second-order valence-electron chi connectivity index (χ2n) is 4.01. The molecule has 1 aromatic carbocycles. The molecule has 2 nitrogen and oxygen atoms in total. The molecular formula is C14H16N2S. The number of hydrogen-bond acceptors (Lipinski definition) is 3.